The minimum atomic E-state index is -1.02. The Morgan fingerprint density at radius 1 is 1.04 bits per heavy atom. The van der Waals surface area contributed by atoms with Crippen LogP contribution < -0.4 is 27.6 Å². The molecule has 0 aromatic heterocycles. The number of nitrogens with one attached hydrogen (secondary N) is 3. The van der Waals surface area contributed by atoms with Crippen LogP contribution in [0.3, 0.4) is 0 Å². The summed E-state index contributed by atoms with van der Waals surface area (Å²) in [5, 5.41) is 14.1. The van der Waals surface area contributed by atoms with E-state index >= 15 is 0 Å². The molecule has 0 aliphatic carbocycles. The van der Waals surface area contributed by atoms with E-state index < -0.39 is 17.9 Å². The summed E-state index contributed by atoms with van der Waals surface area (Å²) in [6.45, 7) is 0.165. The SMILES string of the molecule is NCNc1ccccc1C#Cc1ccc(C(=O)N[C@@H](CN)C(=O)NO)cc1. The average molecular weight is 367 g/mol. The lowest BCUT2D eigenvalue weighted by Crippen LogP contribution is -2.50. The summed E-state index contributed by atoms with van der Waals surface area (Å²) in [4.78, 5) is 23.5. The Bertz CT molecular complexity index is 856. The normalized spacial score (nSPS) is 10.9. The fourth-order valence-electron chi connectivity index (χ4n) is 2.25. The van der Waals surface area contributed by atoms with E-state index in [2.05, 4.69) is 22.5 Å². The van der Waals surface area contributed by atoms with Gasteiger partial charge in [0.25, 0.3) is 11.8 Å². The monoisotopic (exact) mass is 367 g/mol. The Morgan fingerprint density at radius 3 is 2.37 bits per heavy atom. The summed E-state index contributed by atoms with van der Waals surface area (Å²) in [6.07, 6.45) is 0. The van der Waals surface area contributed by atoms with Gasteiger partial charge in [0.2, 0.25) is 0 Å². The van der Waals surface area contributed by atoms with Crippen LogP contribution in [-0.4, -0.2) is 36.3 Å². The molecule has 0 radical (unpaired) electrons. The topological polar surface area (TPSA) is 142 Å². The van der Waals surface area contributed by atoms with Gasteiger partial charge >= 0.3 is 0 Å². The summed E-state index contributed by atoms with van der Waals surface area (Å²) in [6, 6.07) is 13.1. The van der Waals surface area contributed by atoms with Gasteiger partial charge in [-0.3, -0.25) is 14.8 Å². The minimum absolute atomic E-state index is 0.141. The highest BCUT2D eigenvalue weighted by Crippen LogP contribution is 2.13. The molecule has 0 aliphatic heterocycles. The van der Waals surface area contributed by atoms with E-state index in [1.807, 2.05) is 24.3 Å². The second-order valence-corrected chi connectivity index (χ2v) is 5.49. The predicted octanol–water partition coefficient (Wildman–Crippen LogP) is -0.0230. The van der Waals surface area contributed by atoms with Crippen molar-refractivity contribution in [1.82, 2.24) is 10.8 Å². The first-order valence-electron chi connectivity index (χ1n) is 8.19. The molecule has 2 rings (SSSR count). The zero-order valence-electron chi connectivity index (χ0n) is 14.5. The average Bonchev–Trinajstić information content (AvgIpc) is 2.71. The Morgan fingerprint density at radius 2 is 1.74 bits per heavy atom. The Hall–Kier alpha value is -3.38. The van der Waals surface area contributed by atoms with Gasteiger partial charge in [0.1, 0.15) is 6.04 Å². The molecule has 8 nitrogen and oxygen atoms in total. The molecular formula is C19H21N5O3. The maximum atomic E-state index is 12.2. The van der Waals surface area contributed by atoms with Crippen molar-refractivity contribution in [3.05, 3.63) is 65.2 Å². The first-order chi connectivity index (χ1) is 13.1. The fourth-order valence-corrected chi connectivity index (χ4v) is 2.25. The minimum Gasteiger partial charge on any atom is -0.372 e. The van der Waals surface area contributed by atoms with E-state index in [9.17, 15) is 9.59 Å². The van der Waals surface area contributed by atoms with Crippen molar-refractivity contribution in [2.24, 2.45) is 11.5 Å². The number of carbonyl (C=O) groups is 2. The van der Waals surface area contributed by atoms with Crippen molar-refractivity contribution in [3.8, 4) is 11.8 Å². The molecule has 27 heavy (non-hydrogen) atoms. The fraction of sp³-hybridized carbons (Fsp3) is 0.158. The number of hydrogen-bond donors (Lipinski definition) is 6. The molecule has 0 bridgehead atoms. The van der Waals surface area contributed by atoms with Gasteiger partial charge < -0.3 is 22.1 Å². The first-order valence-corrected chi connectivity index (χ1v) is 8.19. The number of anilines is 1. The van der Waals surface area contributed by atoms with Crippen LogP contribution in [0, 0.1) is 11.8 Å². The van der Waals surface area contributed by atoms with Gasteiger partial charge in [0, 0.05) is 23.2 Å². The van der Waals surface area contributed by atoms with E-state index in [1.165, 1.54) is 5.48 Å². The van der Waals surface area contributed by atoms with Gasteiger partial charge in [-0.05, 0) is 36.4 Å². The van der Waals surface area contributed by atoms with Gasteiger partial charge in [-0.2, -0.15) is 0 Å². The maximum absolute atomic E-state index is 12.2. The van der Waals surface area contributed by atoms with Crippen molar-refractivity contribution in [1.29, 1.82) is 0 Å². The third-order valence-electron chi connectivity index (χ3n) is 3.68. The van der Waals surface area contributed by atoms with Gasteiger partial charge in [-0.25, -0.2) is 5.48 Å². The smallest absolute Gasteiger partial charge is 0.267 e. The lowest BCUT2D eigenvalue weighted by molar-refractivity contribution is -0.130. The second-order valence-electron chi connectivity index (χ2n) is 5.49. The van der Waals surface area contributed by atoms with Gasteiger partial charge in [0.05, 0.1) is 12.4 Å². The molecule has 0 heterocycles. The first kappa shape index (κ1) is 19.9. The van der Waals surface area contributed by atoms with Crippen LogP contribution >= 0.6 is 0 Å². The number of carbonyl (C=O) groups excluding carboxylic acids is 2. The van der Waals surface area contributed by atoms with Crippen LogP contribution in [0.5, 0.6) is 0 Å². The Labute approximate surface area is 156 Å². The van der Waals surface area contributed by atoms with Crippen LogP contribution in [0.15, 0.2) is 48.5 Å². The molecule has 1 atom stereocenters. The van der Waals surface area contributed by atoms with Crippen molar-refractivity contribution < 1.29 is 14.8 Å². The molecule has 0 saturated carbocycles. The Kier molecular flexibility index (Phi) is 7.34. The summed E-state index contributed by atoms with van der Waals surface area (Å²) in [7, 11) is 0. The zero-order chi connectivity index (χ0) is 19.6. The molecule has 8 N–H and O–H groups in total. The third kappa shape index (κ3) is 5.55. The zero-order valence-corrected chi connectivity index (χ0v) is 14.5. The molecule has 0 saturated heterocycles. The van der Waals surface area contributed by atoms with Gasteiger partial charge in [0.15, 0.2) is 0 Å². The second kappa shape index (κ2) is 9.94. The maximum Gasteiger partial charge on any atom is 0.267 e. The molecule has 0 spiro atoms. The van der Waals surface area contributed by atoms with Crippen molar-refractivity contribution in [3.63, 3.8) is 0 Å². The number of hydrogen-bond acceptors (Lipinski definition) is 6. The van der Waals surface area contributed by atoms with Crippen molar-refractivity contribution in [2.45, 2.75) is 6.04 Å². The molecule has 2 amide bonds. The molecule has 8 heteroatoms. The lowest BCUT2D eigenvalue weighted by Gasteiger charge is -2.14. The highest BCUT2D eigenvalue weighted by molar-refractivity contribution is 5.97. The van der Waals surface area contributed by atoms with Crippen LogP contribution in [0.1, 0.15) is 21.5 Å². The molecule has 0 unspecified atom stereocenters. The predicted molar refractivity (Wildman–Crippen MR) is 102 cm³/mol. The molecule has 2 aromatic rings. The number of amides is 2. The standard InChI is InChI=1S/C19H21N5O3/c20-11-17(19(26)24-27)23-18(25)15-9-6-13(7-10-15)5-8-14-3-1-2-4-16(14)22-12-21/h1-4,6-7,9-10,17,22,27H,11-12,20-21H2,(H,23,25)(H,24,26)/t17-/m0/s1. The lowest BCUT2D eigenvalue weighted by atomic mass is 10.1. The highest BCUT2D eigenvalue weighted by atomic mass is 16.5. The van der Waals surface area contributed by atoms with E-state index in [0.29, 0.717) is 12.2 Å². The number of rotatable bonds is 6. The summed E-state index contributed by atoms with van der Waals surface area (Å²) in [5.74, 6) is 4.83. The number of nitrogens with two attached hydrogens (primary N) is 2. The molecule has 2 aromatic carbocycles. The van der Waals surface area contributed by atoms with Crippen LogP contribution in [0.2, 0.25) is 0 Å². The summed E-state index contributed by atoms with van der Waals surface area (Å²) >= 11 is 0. The van der Waals surface area contributed by atoms with E-state index in [0.717, 1.165) is 16.8 Å². The number of para-hydroxylation sites is 1. The molecule has 140 valence electrons. The Balaban J connectivity index is 2.10. The largest absolute Gasteiger partial charge is 0.372 e. The quantitative estimate of drug-likeness (QED) is 0.183. The van der Waals surface area contributed by atoms with Crippen molar-refractivity contribution in [2.75, 3.05) is 18.5 Å². The molecule has 0 aliphatic rings. The van der Waals surface area contributed by atoms with Crippen LogP contribution in [-0.2, 0) is 4.79 Å². The van der Waals surface area contributed by atoms with E-state index in [4.69, 9.17) is 16.7 Å². The van der Waals surface area contributed by atoms with Crippen LogP contribution in [0.4, 0.5) is 5.69 Å². The van der Waals surface area contributed by atoms with Gasteiger partial charge in [-0.1, -0.05) is 24.0 Å². The summed E-state index contributed by atoms with van der Waals surface area (Å²) < 4.78 is 0. The summed E-state index contributed by atoms with van der Waals surface area (Å²) in [5.41, 5.74) is 15.1. The van der Waals surface area contributed by atoms with E-state index in [1.54, 1.807) is 24.3 Å². The number of benzene rings is 2. The number of hydroxylamine groups is 1. The molecular weight excluding hydrogens is 346 g/mol. The van der Waals surface area contributed by atoms with Crippen molar-refractivity contribution >= 4 is 17.5 Å². The van der Waals surface area contributed by atoms with E-state index in [-0.39, 0.29) is 6.54 Å². The van der Waals surface area contributed by atoms with Crippen LogP contribution in [0.25, 0.3) is 0 Å². The third-order valence-corrected chi connectivity index (χ3v) is 3.68. The van der Waals surface area contributed by atoms with Gasteiger partial charge in [-0.15, -0.1) is 0 Å². The molecule has 0 fully saturated rings. The highest BCUT2D eigenvalue weighted by Gasteiger charge is 2.19.